The number of rotatable bonds is 4. The minimum absolute atomic E-state index is 0.0196. The number of hydrogen-bond acceptors (Lipinski definition) is 4. The maximum Gasteiger partial charge on any atom is 0.236 e. The number of amides is 2. The Morgan fingerprint density at radius 2 is 1.70 bits per heavy atom. The second-order valence-electron chi connectivity index (χ2n) is 7.28. The van der Waals surface area contributed by atoms with Gasteiger partial charge in [0, 0.05) is 58.3 Å². The molecule has 2 saturated heterocycles. The van der Waals surface area contributed by atoms with Gasteiger partial charge in [0.2, 0.25) is 11.8 Å². The molecule has 3 rings (SSSR count). The molecular weight excluding hydrogens is 292 g/mol. The van der Waals surface area contributed by atoms with E-state index in [9.17, 15) is 9.59 Å². The summed E-state index contributed by atoms with van der Waals surface area (Å²) in [7, 11) is 0. The van der Waals surface area contributed by atoms with Gasteiger partial charge in [-0.25, -0.2) is 0 Å². The van der Waals surface area contributed by atoms with Gasteiger partial charge in [-0.3, -0.25) is 19.4 Å². The van der Waals surface area contributed by atoms with Crippen LogP contribution in [0.2, 0.25) is 0 Å². The third-order valence-corrected chi connectivity index (χ3v) is 5.55. The number of nitrogens with one attached hydrogen (secondary N) is 1. The molecule has 130 valence electrons. The number of likely N-dealkylation sites (tertiary alicyclic amines) is 1. The number of piperazine rings is 1. The molecule has 1 saturated carbocycles. The van der Waals surface area contributed by atoms with Crippen molar-refractivity contribution in [3.63, 3.8) is 0 Å². The van der Waals surface area contributed by atoms with Crippen LogP contribution in [0.1, 0.15) is 39.0 Å². The fourth-order valence-electron chi connectivity index (χ4n) is 4.28. The first-order chi connectivity index (χ1) is 11.1. The lowest BCUT2D eigenvalue weighted by Gasteiger charge is -2.38. The molecule has 3 aliphatic rings. The molecule has 0 aromatic rings. The molecule has 23 heavy (non-hydrogen) atoms. The van der Waals surface area contributed by atoms with Gasteiger partial charge in [-0.2, -0.15) is 0 Å². The van der Waals surface area contributed by atoms with Crippen molar-refractivity contribution < 1.29 is 9.59 Å². The molecule has 6 heteroatoms. The molecule has 3 fully saturated rings. The Morgan fingerprint density at radius 1 is 1.00 bits per heavy atom. The number of carbonyl (C=O) groups is 2. The molecule has 1 N–H and O–H groups in total. The molecule has 0 aromatic heterocycles. The topological polar surface area (TPSA) is 55.9 Å². The molecule has 1 atom stereocenters. The molecule has 0 spiro atoms. The first-order valence-electron chi connectivity index (χ1n) is 9.13. The maximum atomic E-state index is 12.5. The SMILES string of the molecule is CC(=O)NC1CCN(CC(=O)N2CCN(C3CCCC3)CC2)C1. The van der Waals surface area contributed by atoms with E-state index in [2.05, 4.69) is 15.1 Å². The molecule has 0 radical (unpaired) electrons. The number of carbonyl (C=O) groups excluding carboxylic acids is 2. The van der Waals surface area contributed by atoms with E-state index in [1.54, 1.807) is 6.92 Å². The van der Waals surface area contributed by atoms with Crippen LogP contribution < -0.4 is 5.32 Å². The molecule has 2 amide bonds. The Labute approximate surface area is 139 Å². The Kier molecular flexibility index (Phi) is 5.54. The first kappa shape index (κ1) is 16.7. The Hall–Kier alpha value is -1.14. The van der Waals surface area contributed by atoms with E-state index in [1.165, 1.54) is 25.7 Å². The van der Waals surface area contributed by atoms with Gasteiger partial charge in [0.1, 0.15) is 0 Å². The van der Waals surface area contributed by atoms with Crippen LogP contribution in [0.5, 0.6) is 0 Å². The number of nitrogens with zero attached hydrogens (tertiary/aromatic N) is 3. The van der Waals surface area contributed by atoms with E-state index in [1.807, 2.05) is 4.90 Å². The van der Waals surface area contributed by atoms with Crippen LogP contribution in [0.15, 0.2) is 0 Å². The van der Waals surface area contributed by atoms with Gasteiger partial charge < -0.3 is 10.2 Å². The molecule has 1 unspecified atom stereocenters. The van der Waals surface area contributed by atoms with E-state index in [4.69, 9.17) is 0 Å². The van der Waals surface area contributed by atoms with Crippen molar-refractivity contribution in [1.29, 1.82) is 0 Å². The second kappa shape index (κ2) is 7.62. The van der Waals surface area contributed by atoms with Crippen molar-refractivity contribution in [3.8, 4) is 0 Å². The van der Waals surface area contributed by atoms with E-state index in [-0.39, 0.29) is 17.9 Å². The summed E-state index contributed by atoms with van der Waals surface area (Å²) < 4.78 is 0. The third-order valence-electron chi connectivity index (χ3n) is 5.55. The van der Waals surface area contributed by atoms with Crippen LogP contribution in [-0.4, -0.2) is 84.4 Å². The van der Waals surface area contributed by atoms with Crippen molar-refractivity contribution in [1.82, 2.24) is 20.0 Å². The van der Waals surface area contributed by atoms with Gasteiger partial charge in [-0.1, -0.05) is 12.8 Å². The second-order valence-corrected chi connectivity index (χ2v) is 7.28. The molecular formula is C17H30N4O2. The van der Waals surface area contributed by atoms with Gasteiger partial charge in [0.25, 0.3) is 0 Å². The molecule has 2 aliphatic heterocycles. The highest BCUT2D eigenvalue weighted by Crippen LogP contribution is 2.24. The van der Waals surface area contributed by atoms with Crippen LogP contribution in [0.4, 0.5) is 0 Å². The summed E-state index contributed by atoms with van der Waals surface area (Å²) in [6.07, 6.45) is 6.36. The minimum atomic E-state index is 0.0196. The fourth-order valence-corrected chi connectivity index (χ4v) is 4.28. The van der Waals surface area contributed by atoms with Crippen LogP contribution in [0, 0.1) is 0 Å². The van der Waals surface area contributed by atoms with Crippen molar-refractivity contribution in [2.45, 2.75) is 51.1 Å². The van der Waals surface area contributed by atoms with Gasteiger partial charge in [-0.05, 0) is 19.3 Å². The van der Waals surface area contributed by atoms with E-state index in [0.29, 0.717) is 6.54 Å². The Morgan fingerprint density at radius 3 is 2.35 bits per heavy atom. The smallest absolute Gasteiger partial charge is 0.236 e. The van der Waals surface area contributed by atoms with Gasteiger partial charge >= 0.3 is 0 Å². The predicted octanol–water partition coefficient (Wildman–Crippen LogP) is 0.284. The number of hydrogen-bond donors (Lipinski definition) is 1. The highest BCUT2D eigenvalue weighted by molar-refractivity contribution is 5.78. The lowest BCUT2D eigenvalue weighted by Crippen LogP contribution is -2.53. The molecule has 6 nitrogen and oxygen atoms in total. The zero-order valence-electron chi connectivity index (χ0n) is 14.3. The summed E-state index contributed by atoms with van der Waals surface area (Å²) in [5.74, 6) is 0.269. The average Bonchev–Trinajstić information content (AvgIpc) is 3.19. The summed E-state index contributed by atoms with van der Waals surface area (Å²) in [6, 6.07) is 0.976. The van der Waals surface area contributed by atoms with Crippen molar-refractivity contribution in [2.24, 2.45) is 0 Å². The molecule has 0 aromatic carbocycles. The first-order valence-corrected chi connectivity index (χ1v) is 9.13. The zero-order valence-corrected chi connectivity index (χ0v) is 14.3. The van der Waals surface area contributed by atoms with E-state index >= 15 is 0 Å². The molecule has 2 heterocycles. The standard InChI is InChI=1S/C17H30N4O2/c1-14(22)18-15-6-7-19(12-15)13-17(23)21-10-8-20(9-11-21)16-4-2-3-5-16/h15-16H,2-13H2,1H3,(H,18,22). The summed E-state index contributed by atoms with van der Waals surface area (Å²) in [6.45, 7) is 7.57. The van der Waals surface area contributed by atoms with Crippen LogP contribution in [0.3, 0.4) is 0 Å². The monoisotopic (exact) mass is 322 g/mol. The van der Waals surface area contributed by atoms with Gasteiger partial charge in [-0.15, -0.1) is 0 Å². The van der Waals surface area contributed by atoms with Crippen molar-refractivity contribution in [3.05, 3.63) is 0 Å². The quantitative estimate of drug-likeness (QED) is 0.808. The van der Waals surface area contributed by atoms with Crippen molar-refractivity contribution in [2.75, 3.05) is 45.8 Å². The van der Waals surface area contributed by atoms with Gasteiger partial charge in [0.05, 0.1) is 6.54 Å². The lowest BCUT2D eigenvalue weighted by molar-refractivity contribution is -0.134. The summed E-state index contributed by atoms with van der Waals surface area (Å²) in [4.78, 5) is 30.4. The average molecular weight is 322 g/mol. The maximum absolute atomic E-state index is 12.5. The van der Waals surface area contributed by atoms with Crippen LogP contribution in [-0.2, 0) is 9.59 Å². The Balaban J connectivity index is 1.39. The predicted molar refractivity (Wildman–Crippen MR) is 89.1 cm³/mol. The summed E-state index contributed by atoms with van der Waals surface area (Å²) in [5.41, 5.74) is 0. The van der Waals surface area contributed by atoms with Crippen LogP contribution >= 0.6 is 0 Å². The fraction of sp³-hybridized carbons (Fsp3) is 0.882. The minimum Gasteiger partial charge on any atom is -0.352 e. The van der Waals surface area contributed by atoms with Gasteiger partial charge in [0.15, 0.2) is 0 Å². The van der Waals surface area contributed by atoms with E-state index < -0.39 is 0 Å². The highest BCUT2D eigenvalue weighted by atomic mass is 16.2. The normalized spacial score (nSPS) is 27.5. The van der Waals surface area contributed by atoms with Crippen molar-refractivity contribution >= 4 is 11.8 Å². The Bertz CT molecular complexity index is 428. The highest BCUT2D eigenvalue weighted by Gasteiger charge is 2.30. The largest absolute Gasteiger partial charge is 0.352 e. The lowest BCUT2D eigenvalue weighted by atomic mass is 10.2. The van der Waals surface area contributed by atoms with Crippen LogP contribution in [0.25, 0.3) is 0 Å². The summed E-state index contributed by atoms with van der Waals surface area (Å²) in [5, 5.41) is 2.95. The molecule has 1 aliphatic carbocycles. The summed E-state index contributed by atoms with van der Waals surface area (Å²) >= 11 is 0. The van der Waals surface area contributed by atoms with E-state index in [0.717, 1.165) is 51.7 Å². The molecule has 0 bridgehead atoms. The third kappa shape index (κ3) is 4.44. The zero-order chi connectivity index (χ0) is 16.2.